The van der Waals surface area contributed by atoms with Gasteiger partial charge in [0.05, 0.1) is 5.46 Å². The van der Waals surface area contributed by atoms with Gasteiger partial charge in [0.25, 0.3) is 6.71 Å². The van der Waals surface area contributed by atoms with Gasteiger partial charge >= 0.3 is 0 Å². The minimum absolute atomic E-state index is 0.0941. The molecule has 3 aliphatic rings. The van der Waals surface area contributed by atoms with Gasteiger partial charge < -0.3 is 18.8 Å². The summed E-state index contributed by atoms with van der Waals surface area (Å²) in [6, 6.07) is 48.9. The van der Waals surface area contributed by atoms with Gasteiger partial charge in [-0.05, 0) is 35.2 Å². The molecule has 0 N–H and O–H groups in total. The van der Waals surface area contributed by atoms with Crippen molar-refractivity contribution in [1.29, 1.82) is 0 Å². The molecule has 0 saturated carbocycles. The van der Waals surface area contributed by atoms with Crippen molar-refractivity contribution in [3.8, 4) is 34.6 Å². The Bertz CT molecular complexity index is 2760. The van der Waals surface area contributed by atoms with Crippen LogP contribution in [0, 0.1) is 0 Å². The van der Waals surface area contributed by atoms with Crippen molar-refractivity contribution >= 4 is 56.7 Å². The lowest BCUT2D eigenvalue weighted by molar-refractivity contribution is 0.383. The van der Waals surface area contributed by atoms with Gasteiger partial charge in [-0.15, -0.1) is 0 Å². The quantitative estimate of drug-likeness (QED) is 0.178. The Morgan fingerprint density at radius 1 is 0.623 bits per heavy atom. The molecular weight excluding hydrogens is 657 g/mol. The zero-order chi connectivity index (χ0) is 35.0. The third-order valence-electron chi connectivity index (χ3n) is 10.3. The van der Waals surface area contributed by atoms with Gasteiger partial charge in [0.15, 0.2) is 17.8 Å². The van der Waals surface area contributed by atoms with E-state index in [9.17, 15) is 0 Å². The maximum atomic E-state index is 6.58. The summed E-state index contributed by atoms with van der Waals surface area (Å²) in [6.07, 6.45) is -0.333. The Morgan fingerprint density at radius 3 is 1.96 bits per heavy atom. The molecule has 0 saturated heterocycles. The van der Waals surface area contributed by atoms with Crippen molar-refractivity contribution in [2.45, 2.75) is 6.17 Å². The predicted molar refractivity (Wildman–Crippen MR) is 209 cm³/mol. The standard InChI is InChI=1S/C44H28BN5O3/c1-50-41(27-15-6-3-7-16-27)46-39(26-13-4-2-5-14-26)47-42(50)28-23-24-29-36(25-28)51-35-22-12-17-30(37(29)35)40-48-43-38-44(49-40)53-34-21-11-9-19-32(34)45(38)31-18-8-10-20-33(31)52-43/h2-25,42H,1H3. The molecule has 250 valence electrons. The summed E-state index contributed by atoms with van der Waals surface area (Å²) >= 11 is 0. The average Bonchev–Trinajstić information content (AvgIpc) is 3.59. The van der Waals surface area contributed by atoms with Crippen LogP contribution in [0.1, 0.15) is 22.9 Å². The van der Waals surface area contributed by atoms with E-state index in [2.05, 4.69) is 47.4 Å². The highest BCUT2D eigenvalue weighted by Gasteiger charge is 2.42. The van der Waals surface area contributed by atoms with Crippen molar-refractivity contribution in [2.24, 2.45) is 9.98 Å². The number of furan rings is 1. The minimum atomic E-state index is -0.333. The summed E-state index contributed by atoms with van der Waals surface area (Å²) in [4.78, 5) is 22.5. The van der Waals surface area contributed by atoms with Gasteiger partial charge in [0.1, 0.15) is 28.5 Å². The number of para-hydroxylation sites is 2. The van der Waals surface area contributed by atoms with E-state index in [1.165, 1.54) is 0 Å². The van der Waals surface area contributed by atoms with Crippen LogP contribution in [-0.4, -0.2) is 40.3 Å². The summed E-state index contributed by atoms with van der Waals surface area (Å²) in [6.45, 7) is -0.0941. The lowest BCUT2D eigenvalue weighted by atomic mass is 9.35. The second kappa shape index (κ2) is 11.5. The van der Waals surface area contributed by atoms with Crippen LogP contribution >= 0.6 is 0 Å². The summed E-state index contributed by atoms with van der Waals surface area (Å²) in [7, 11) is 2.04. The fraction of sp³-hybridized carbons (Fsp3) is 0.0455. The number of aromatic nitrogens is 2. The van der Waals surface area contributed by atoms with E-state index in [0.717, 1.165) is 77.9 Å². The molecule has 0 radical (unpaired) electrons. The fourth-order valence-corrected chi connectivity index (χ4v) is 7.86. The zero-order valence-corrected chi connectivity index (χ0v) is 28.5. The Hall–Kier alpha value is -7.00. The summed E-state index contributed by atoms with van der Waals surface area (Å²) in [5.74, 6) is 4.59. The highest BCUT2D eigenvalue weighted by molar-refractivity contribution is 6.98. The van der Waals surface area contributed by atoms with Crippen LogP contribution in [0.5, 0.6) is 23.3 Å². The lowest BCUT2D eigenvalue weighted by Crippen LogP contribution is -2.57. The van der Waals surface area contributed by atoms with Crippen LogP contribution in [0.25, 0.3) is 33.3 Å². The highest BCUT2D eigenvalue weighted by Crippen LogP contribution is 2.40. The van der Waals surface area contributed by atoms with E-state index in [4.69, 9.17) is 33.8 Å². The monoisotopic (exact) mass is 685 g/mol. The van der Waals surface area contributed by atoms with Gasteiger partial charge in [-0.3, -0.25) is 0 Å². The molecule has 0 aliphatic carbocycles. The van der Waals surface area contributed by atoms with Gasteiger partial charge in [0.2, 0.25) is 11.8 Å². The van der Waals surface area contributed by atoms with Crippen LogP contribution in [0.2, 0.25) is 0 Å². The topological polar surface area (TPSA) is 85.3 Å². The van der Waals surface area contributed by atoms with E-state index < -0.39 is 0 Å². The molecule has 8 nitrogen and oxygen atoms in total. The molecule has 9 heteroatoms. The van der Waals surface area contributed by atoms with Crippen molar-refractivity contribution in [1.82, 2.24) is 14.9 Å². The molecule has 0 fully saturated rings. The molecule has 5 heterocycles. The third-order valence-corrected chi connectivity index (χ3v) is 10.3. The van der Waals surface area contributed by atoms with Crippen molar-refractivity contribution in [3.63, 3.8) is 0 Å². The Morgan fingerprint density at radius 2 is 1.26 bits per heavy atom. The number of aliphatic imine (C=N–C) groups is 2. The van der Waals surface area contributed by atoms with Crippen molar-refractivity contribution in [3.05, 3.63) is 162 Å². The fourth-order valence-electron chi connectivity index (χ4n) is 7.86. The molecule has 2 aromatic heterocycles. The smallest absolute Gasteiger partial charge is 0.265 e. The number of benzene rings is 6. The third kappa shape index (κ3) is 4.64. The van der Waals surface area contributed by atoms with Gasteiger partial charge in [-0.1, -0.05) is 121 Å². The number of fused-ring (bicyclic) bond motifs is 7. The number of nitrogens with zero attached hydrogens (tertiary/aromatic N) is 5. The molecule has 0 spiro atoms. The normalized spacial score (nSPS) is 15.5. The largest absolute Gasteiger partial charge is 0.456 e. The predicted octanol–water partition coefficient (Wildman–Crippen LogP) is 7.61. The highest BCUT2D eigenvalue weighted by atomic mass is 16.5. The second-order valence-electron chi connectivity index (χ2n) is 13.4. The van der Waals surface area contributed by atoms with E-state index >= 15 is 0 Å². The number of ether oxygens (including phenoxy) is 2. The van der Waals surface area contributed by atoms with Crippen LogP contribution in [0.15, 0.2) is 160 Å². The molecule has 1 atom stereocenters. The first-order valence-corrected chi connectivity index (χ1v) is 17.6. The van der Waals surface area contributed by atoms with Crippen molar-refractivity contribution < 1.29 is 13.9 Å². The number of hydrogen-bond acceptors (Lipinski definition) is 8. The van der Waals surface area contributed by atoms with E-state index in [1.807, 2.05) is 110 Å². The van der Waals surface area contributed by atoms with E-state index in [-0.39, 0.29) is 12.9 Å². The summed E-state index contributed by atoms with van der Waals surface area (Å²) in [5.41, 5.74) is 8.24. The maximum Gasteiger partial charge on any atom is 0.265 e. The summed E-state index contributed by atoms with van der Waals surface area (Å²) < 4.78 is 19.5. The van der Waals surface area contributed by atoms with Gasteiger partial charge in [0, 0.05) is 40.1 Å². The first-order chi connectivity index (χ1) is 26.2. The molecule has 0 amide bonds. The Balaban J connectivity index is 1.04. The number of rotatable bonds is 4. The first-order valence-electron chi connectivity index (χ1n) is 17.6. The Labute approximate surface area is 304 Å². The second-order valence-corrected chi connectivity index (χ2v) is 13.4. The molecule has 1 unspecified atom stereocenters. The molecule has 6 aromatic carbocycles. The van der Waals surface area contributed by atoms with Crippen LogP contribution in [0.3, 0.4) is 0 Å². The van der Waals surface area contributed by atoms with Crippen molar-refractivity contribution in [2.75, 3.05) is 7.05 Å². The molecule has 0 bridgehead atoms. The Kier molecular flexibility index (Phi) is 6.45. The zero-order valence-electron chi connectivity index (χ0n) is 28.5. The SMILES string of the molecule is CN1C(c2ccccc2)=NC(c2ccccc2)=NC1c1ccc2c(c1)oc1cccc(-c3nc4c5c(n3)Oc3ccccc3B5c3ccccc3O4)c12. The molecule has 53 heavy (non-hydrogen) atoms. The molecule has 3 aliphatic heterocycles. The minimum Gasteiger partial charge on any atom is -0.456 e. The lowest BCUT2D eigenvalue weighted by Gasteiger charge is -2.32. The van der Waals surface area contributed by atoms with Gasteiger partial charge in [-0.25, -0.2) is 9.98 Å². The van der Waals surface area contributed by atoms with E-state index in [0.29, 0.717) is 23.4 Å². The molecule has 11 rings (SSSR count). The number of amidine groups is 2. The van der Waals surface area contributed by atoms with Crippen LogP contribution in [0.4, 0.5) is 0 Å². The first kappa shape index (κ1) is 29.7. The molecular formula is C44H28BN5O3. The van der Waals surface area contributed by atoms with Gasteiger partial charge in [-0.2, -0.15) is 9.97 Å². The summed E-state index contributed by atoms with van der Waals surface area (Å²) in [5, 5.41) is 1.87. The maximum absolute atomic E-state index is 6.58. The van der Waals surface area contributed by atoms with E-state index in [1.54, 1.807) is 0 Å². The van der Waals surface area contributed by atoms with Crippen LogP contribution in [-0.2, 0) is 0 Å². The van der Waals surface area contributed by atoms with Crippen LogP contribution < -0.4 is 25.9 Å². The average molecular weight is 686 g/mol. The number of hydrogen-bond donors (Lipinski definition) is 0. The molecule has 8 aromatic rings.